The van der Waals surface area contributed by atoms with Crippen LogP contribution in [-0.4, -0.2) is 43.4 Å². The molecule has 0 radical (unpaired) electrons. The summed E-state index contributed by atoms with van der Waals surface area (Å²) >= 11 is 0. The van der Waals surface area contributed by atoms with Crippen LogP contribution in [0.15, 0.2) is 23.1 Å². The first-order chi connectivity index (χ1) is 19.7. The van der Waals surface area contributed by atoms with E-state index in [2.05, 4.69) is 33.0 Å². The van der Waals surface area contributed by atoms with Crippen molar-refractivity contribution in [3.63, 3.8) is 0 Å². The zero-order valence-electron chi connectivity index (χ0n) is 25.3. The molecule has 1 aromatic carbocycles. The lowest BCUT2D eigenvalue weighted by Gasteiger charge is -2.64. The minimum Gasteiger partial charge on any atom is -0.393 e. The molecule has 4 fully saturated rings. The molecular weight excluding hydrogens is 562 g/mol. The van der Waals surface area contributed by atoms with Crippen LogP contribution in [0.2, 0.25) is 0 Å². The molecule has 4 N–H and O–H groups in total. The first kappa shape index (κ1) is 31.6. The Balaban J connectivity index is 1.22. The third-order valence-electron chi connectivity index (χ3n) is 12.4. The average Bonchev–Trinajstić information content (AvgIpc) is 3.26. The normalized spacial score (nSPS) is 40.4. The number of aliphatic hydroxyl groups excluding tert-OH is 2. The molecule has 0 aliphatic heterocycles. The van der Waals surface area contributed by atoms with Gasteiger partial charge in [-0.05, 0) is 116 Å². The summed E-state index contributed by atoms with van der Waals surface area (Å²) in [4.78, 5) is 11.7. The highest BCUT2D eigenvalue weighted by atomic mass is 32.2. The number of rotatable bonds is 7. The smallest absolute Gasteiger partial charge is 0.328 e. The van der Waals surface area contributed by atoms with Crippen LogP contribution < -0.4 is 10.0 Å². The summed E-state index contributed by atoms with van der Waals surface area (Å²) in [6, 6.07) is 0.962. The van der Waals surface area contributed by atoms with Gasteiger partial charge in [-0.25, -0.2) is 26.7 Å². The SMILES string of the molecule is CC[C@H]1[C@@H](O)[C@@H]2[C@H](CC[C@]3(C)[C@@H]([C@H](C)CCNC(=O)NS(=O)(=O)c4cc(F)cc(F)c4)CC[C@@H]23)[C@@]2(C)CC[C@@H](O)C[C@@H]12. The van der Waals surface area contributed by atoms with Gasteiger partial charge in [0.1, 0.15) is 11.6 Å². The number of aliphatic hydroxyl groups is 2. The Bertz CT molecular complexity index is 1260. The van der Waals surface area contributed by atoms with Gasteiger partial charge in [0.05, 0.1) is 17.1 Å². The number of carbonyl (C=O) groups is 1. The largest absolute Gasteiger partial charge is 0.393 e. The Morgan fingerprint density at radius 1 is 1.00 bits per heavy atom. The van der Waals surface area contributed by atoms with E-state index >= 15 is 0 Å². The van der Waals surface area contributed by atoms with Gasteiger partial charge in [0, 0.05) is 12.6 Å². The Morgan fingerprint density at radius 3 is 2.31 bits per heavy atom. The fourth-order valence-corrected chi connectivity index (χ4v) is 11.4. The number of urea groups is 1. The van der Waals surface area contributed by atoms with Crippen molar-refractivity contribution in [1.82, 2.24) is 10.0 Å². The second-order valence-corrected chi connectivity index (χ2v) is 16.0. The van der Waals surface area contributed by atoms with E-state index in [-0.39, 0.29) is 47.3 Å². The number of hydrogen-bond donors (Lipinski definition) is 4. The molecule has 0 spiro atoms. The van der Waals surface area contributed by atoms with Crippen LogP contribution in [-0.2, 0) is 10.0 Å². The predicted molar refractivity (Wildman–Crippen MR) is 156 cm³/mol. The monoisotopic (exact) mass is 610 g/mol. The maximum Gasteiger partial charge on any atom is 0.328 e. The molecular formula is C32H48F2N2O5S. The molecule has 4 saturated carbocycles. The molecule has 0 unspecified atom stereocenters. The van der Waals surface area contributed by atoms with Gasteiger partial charge < -0.3 is 15.5 Å². The van der Waals surface area contributed by atoms with Crippen molar-refractivity contribution in [3.05, 3.63) is 29.8 Å². The molecule has 11 atom stereocenters. The first-order valence-corrected chi connectivity index (χ1v) is 17.3. The molecule has 0 saturated heterocycles. The average molecular weight is 611 g/mol. The van der Waals surface area contributed by atoms with Crippen molar-refractivity contribution in [3.8, 4) is 0 Å². The van der Waals surface area contributed by atoms with E-state index in [0.717, 1.165) is 51.4 Å². The zero-order valence-corrected chi connectivity index (χ0v) is 26.1. The summed E-state index contributed by atoms with van der Waals surface area (Å²) in [7, 11) is -4.42. The van der Waals surface area contributed by atoms with Crippen molar-refractivity contribution >= 4 is 16.1 Å². The molecule has 236 valence electrons. The van der Waals surface area contributed by atoms with Gasteiger partial charge in [0.25, 0.3) is 10.0 Å². The molecule has 10 heteroatoms. The van der Waals surface area contributed by atoms with Gasteiger partial charge in [0.2, 0.25) is 0 Å². The number of carbonyl (C=O) groups excluding carboxylic acids is 1. The van der Waals surface area contributed by atoms with Crippen molar-refractivity contribution < 1.29 is 32.2 Å². The summed E-state index contributed by atoms with van der Waals surface area (Å²) in [5.74, 6) is 0.379. The number of amides is 2. The lowest BCUT2D eigenvalue weighted by Crippen LogP contribution is -2.62. The van der Waals surface area contributed by atoms with E-state index in [0.29, 0.717) is 48.3 Å². The van der Waals surface area contributed by atoms with E-state index in [1.165, 1.54) is 0 Å². The minimum absolute atomic E-state index is 0.0876. The Morgan fingerprint density at radius 2 is 1.64 bits per heavy atom. The third kappa shape index (κ3) is 5.49. The summed E-state index contributed by atoms with van der Waals surface area (Å²) < 4.78 is 53.7. The number of sulfonamides is 1. The zero-order chi connectivity index (χ0) is 30.6. The van der Waals surface area contributed by atoms with Crippen LogP contribution in [0, 0.1) is 63.9 Å². The summed E-state index contributed by atoms with van der Waals surface area (Å²) in [5, 5.41) is 25.0. The molecule has 5 rings (SSSR count). The number of nitrogens with one attached hydrogen (secondary N) is 2. The second kappa shape index (κ2) is 11.6. The van der Waals surface area contributed by atoms with Gasteiger partial charge >= 0.3 is 6.03 Å². The molecule has 4 aliphatic carbocycles. The van der Waals surface area contributed by atoms with Crippen LogP contribution in [0.4, 0.5) is 13.6 Å². The third-order valence-corrected chi connectivity index (χ3v) is 13.7. The van der Waals surface area contributed by atoms with Crippen molar-refractivity contribution in [2.45, 2.75) is 103 Å². The topological polar surface area (TPSA) is 116 Å². The van der Waals surface area contributed by atoms with Crippen LogP contribution in [0.25, 0.3) is 0 Å². The quantitative estimate of drug-likeness (QED) is 0.321. The van der Waals surface area contributed by atoms with Gasteiger partial charge in [-0.15, -0.1) is 0 Å². The van der Waals surface area contributed by atoms with Crippen LogP contribution >= 0.6 is 0 Å². The van der Waals surface area contributed by atoms with E-state index < -0.39 is 32.6 Å². The Labute approximate surface area is 249 Å². The summed E-state index contributed by atoms with van der Waals surface area (Å²) in [6.07, 6.45) is 8.04. The fraction of sp³-hybridized carbons (Fsp3) is 0.781. The van der Waals surface area contributed by atoms with Gasteiger partial charge in [-0.1, -0.05) is 34.1 Å². The van der Waals surface area contributed by atoms with Gasteiger partial charge in [-0.3, -0.25) is 0 Å². The lowest BCUT2D eigenvalue weighted by molar-refractivity contribution is -0.203. The first-order valence-electron chi connectivity index (χ1n) is 15.8. The summed E-state index contributed by atoms with van der Waals surface area (Å²) in [5.41, 5.74) is 0.244. The van der Waals surface area contributed by atoms with Gasteiger partial charge in [-0.2, -0.15) is 0 Å². The molecule has 1 aromatic rings. The van der Waals surface area contributed by atoms with Crippen molar-refractivity contribution in [2.24, 2.45) is 52.3 Å². The molecule has 4 aliphatic rings. The standard InChI is InChI=1S/C32H48F2N2O5S/c1-5-23-27-17-21(37)8-11-32(27,4)26-9-12-31(3)24(6-7-25(31)28(26)29(23)38)18(2)10-13-35-30(39)36-42(40,41)22-15-19(33)14-20(34)16-22/h14-16,18,21,23-29,37-38H,5-13,17H2,1-4H3,(H2,35,36,39)/t18-,21-,23-,24-,25+,26+,27+,28+,29-,31-,32-/m1/s1. The van der Waals surface area contributed by atoms with Crippen molar-refractivity contribution in [2.75, 3.05) is 6.54 Å². The molecule has 42 heavy (non-hydrogen) atoms. The Kier molecular flexibility index (Phi) is 8.75. The van der Waals surface area contributed by atoms with E-state index in [1.807, 2.05) is 4.72 Å². The van der Waals surface area contributed by atoms with E-state index in [1.54, 1.807) is 0 Å². The van der Waals surface area contributed by atoms with Crippen molar-refractivity contribution in [1.29, 1.82) is 0 Å². The highest BCUT2D eigenvalue weighted by molar-refractivity contribution is 7.90. The highest BCUT2D eigenvalue weighted by Gasteiger charge is 2.64. The fourth-order valence-electron chi connectivity index (χ4n) is 10.4. The maximum atomic E-state index is 13.5. The molecule has 0 heterocycles. The highest BCUT2D eigenvalue weighted by Crippen LogP contribution is 2.69. The van der Waals surface area contributed by atoms with Gasteiger partial charge in [0.15, 0.2) is 0 Å². The maximum absolute atomic E-state index is 13.5. The lowest BCUT2D eigenvalue weighted by atomic mass is 9.41. The van der Waals surface area contributed by atoms with E-state index in [9.17, 15) is 32.2 Å². The van der Waals surface area contributed by atoms with Crippen LogP contribution in [0.1, 0.15) is 85.5 Å². The number of benzene rings is 1. The molecule has 0 aromatic heterocycles. The second-order valence-electron chi connectivity index (χ2n) is 14.4. The molecule has 0 bridgehead atoms. The summed E-state index contributed by atoms with van der Waals surface area (Å²) in [6.45, 7) is 9.49. The van der Waals surface area contributed by atoms with Crippen LogP contribution in [0.3, 0.4) is 0 Å². The Hall–Kier alpha value is -1.78. The molecule has 7 nitrogen and oxygen atoms in total. The van der Waals surface area contributed by atoms with Crippen LogP contribution in [0.5, 0.6) is 0 Å². The minimum atomic E-state index is -4.42. The van der Waals surface area contributed by atoms with E-state index in [4.69, 9.17) is 0 Å². The predicted octanol–water partition coefficient (Wildman–Crippen LogP) is 5.61. The number of hydrogen-bond acceptors (Lipinski definition) is 5. The number of halogens is 2. The molecule has 2 amide bonds. The number of fused-ring (bicyclic) bond motifs is 5.